The fourth-order valence-electron chi connectivity index (χ4n) is 1.30. The predicted molar refractivity (Wildman–Crippen MR) is 51.8 cm³/mol. The fraction of sp³-hybridized carbons (Fsp3) is 0.800. The van der Waals surface area contributed by atoms with Crippen LogP contribution in [0.3, 0.4) is 0 Å². The molecular weight excluding hydrogens is 182 g/mol. The highest BCUT2D eigenvalue weighted by Crippen LogP contribution is 2.29. The van der Waals surface area contributed by atoms with Crippen LogP contribution < -0.4 is 5.32 Å². The molecule has 0 saturated heterocycles. The SMILES string of the molecule is CCCC[C@H](NC(=O)C1CC1)C(=O)O. The Balaban J connectivity index is 2.33. The summed E-state index contributed by atoms with van der Waals surface area (Å²) in [6.07, 6.45) is 4.13. The molecule has 14 heavy (non-hydrogen) atoms. The molecule has 4 nitrogen and oxygen atoms in total. The summed E-state index contributed by atoms with van der Waals surface area (Å²) in [6, 6.07) is -0.692. The van der Waals surface area contributed by atoms with E-state index in [0.29, 0.717) is 6.42 Å². The van der Waals surface area contributed by atoms with E-state index in [9.17, 15) is 9.59 Å². The lowest BCUT2D eigenvalue weighted by molar-refractivity contribution is -0.142. The summed E-state index contributed by atoms with van der Waals surface area (Å²) in [6.45, 7) is 2.00. The van der Waals surface area contributed by atoms with Gasteiger partial charge in [0, 0.05) is 5.92 Å². The summed E-state index contributed by atoms with van der Waals surface area (Å²) >= 11 is 0. The van der Waals surface area contributed by atoms with Gasteiger partial charge in [-0.05, 0) is 19.3 Å². The molecule has 1 aliphatic rings. The molecular formula is C10H17NO3. The van der Waals surface area contributed by atoms with Crippen LogP contribution in [0.1, 0.15) is 39.0 Å². The number of hydrogen-bond donors (Lipinski definition) is 2. The van der Waals surface area contributed by atoms with E-state index >= 15 is 0 Å². The average molecular weight is 199 g/mol. The lowest BCUT2D eigenvalue weighted by Gasteiger charge is -2.13. The minimum atomic E-state index is -0.924. The number of carbonyl (C=O) groups is 2. The van der Waals surface area contributed by atoms with Crippen molar-refractivity contribution in [2.45, 2.75) is 45.1 Å². The van der Waals surface area contributed by atoms with Crippen molar-refractivity contribution in [1.29, 1.82) is 0 Å². The normalized spacial score (nSPS) is 17.5. The Kier molecular flexibility index (Phi) is 3.92. The van der Waals surface area contributed by atoms with Gasteiger partial charge in [-0.2, -0.15) is 0 Å². The first kappa shape index (κ1) is 11.0. The molecule has 80 valence electrons. The summed E-state index contributed by atoms with van der Waals surface area (Å²) in [7, 11) is 0. The second-order valence-corrected chi connectivity index (χ2v) is 3.82. The quantitative estimate of drug-likeness (QED) is 0.674. The third-order valence-electron chi connectivity index (χ3n) is 2.41. The molecule has 1 amide bonds. The third kappa shape index (κ3) is 3.36. The van der Waals surface area contributed by atoms with Crippen LogP contribution in [0.25, 0.3) is 0 Å². The van der Waals surface area contributed by atoms with E-state index in [2.05, 4.69) is 5.32 Å². The van der Waals surface area contributed by atoms with Crippen molar-refractivity contribution in [3.63, 3.8) is 0 Å². The first-order valence-electron chi connectivity index (χ1n) is 5.18. The number of carboxylic acid groups (broad SMARTS) is 1. The summed E-state index contributed by atoms with van der Waals surface area (Å²) in [5.41, 5.74) is 0. The Morgan fingerprint density at radius 3 is 2.57 bits per heavy atom. The van der Waals surface area contributed by atoms with Crippen LogP contribution in [-0.2, 0) is 9.59 Å². The Bertz CT molecular complexity index is 223. The lowest BCUT2D eigenvalue weighted by atomic mass is 10.1. The topological polar surface area (TPSA) is 66.4 Å². The van der Waals surface area contributed by atoms with E-state index in [0.717, 1.165) is 25.7 Å². The second kappa shape index (κ2) is 4.98. The zero-order chi connectivity index (χ0) is 10.6. The van der Waals surface area contributed by atoms with Gasteiger partial charge in [0.2, 0.25) is 5.91 Å². The molecule has 0 aromatic heterocycles. The number of nitrogens with one attached hydrogen (secondary N) is 1. The number of aliphatic carboxylic acids is 1. The molecule has 0 aliphatic heterocycles. The summed E-state index contributed by atoms with van der Waals surface area (Å²) < 4.78 is 0. The molecule has 4 heteroatoms. The highest BCUT2D eigenvalue weighted by Gasteiger charge is 2.32. The minimum Gasteiger partial charge on any atom is -0.480 e. The van der Waals surface area contributed by atoms with Gasteiger partial charge < -0.3 is 10.4 Å². The lowest BCUT2D eigenvalue weighted by Crippen LogP contribution is -2.41. The number of hydrogen-bond acceptors (Lipinski definition) is 2. The first-order chi connectivity index (χ1) is 6.65. The van der Waals surface area contributed by atoms with E-state index < -0.39 is 12.0 Å². The predicted octanol–water partition coefficient (Wildman–Crippen LogP) is 1.16. The Labute approximate surface area is 83.7 Å². The Morgan fingerprint density at radius 1 is 1.50 bits per heavy atom. The van der Waals surface area contributed by atoms with Gasteiger partial charge >= 0.3 is 5.97 Å². The average Bonchev–Trinajstić information content (AvgIpc) is 2.94. The number of carboxylic acids is 1. The zero-order valence-electron chi connectivity index (χ0n) is 8.45. The summed E-state index contributed by atoms with van der Waals surface area (Å²) in [4.78, 5) is 22.1. The highest BCUT2D eigenvalue weighted by atomic mass is 16.4. The van der Waals surface area contributed by atoms with Gasteiger partial charge in [0.05, 0.1) is 0 Å². The molecule has 0 aromatic rings. The van der Waals surface area contributed by atoms with Gasteiger partial charge in [0.25, 0.3) is 0 Å². The monoisotopic (exact) mass is 199 g/mol. The van der Waals surface area contributed by atoms with Crippen LogP contribution in [-0.4, -0.2) is 23.0 Å². The van der Waals surface area contributed by atoms with Crippen molar-refractivity contribution in [2.24, 2.45) is 5.92 Å². The maximum atomic E-state index is 11.3. The van der Waals surface area contributed by atoms with E-state index in [1.807, 2.05) is 6.92 Å². The standard InChI is InChI=1S/C10H17NO3/c1-2-3-4-8(10(13)14)11-9(12)7-5-6-7/h7-8H,2-6H2,1H3,(H,11,12)(H,13,14)/t8-/m0/s1. The number of amides is 1. The number of carbonyl (C=O) groups excluding carboxylic acids is 1. The second-order valence-electron chi connectivity index (χ2n) is 3.82. The van der Waals surface area contributed by atoms with Crippen molar-refractivity contribution in [3.8, 4) is 0 Å². The first-order valence-corrected chi connectivity index (χ1v) is 5.18. The van der Waals surface area contributed by atoms with Gasteiger partial charge in [0.1, 0.15) is 6.04 Å². The van der Waals surface area contributed by atoms with Gasteiger partial charge in [-0.3, -0.25) is 4.79 Å². The Hall–Kier alpha value is -1.06. The van der Waals surface area contributed by atoms with E-state index in [4.69, 9.17) is 5.11 Å². The number of unbranched alkanes of at least 4 members (excludes halogenated alkanes) is 1. The van der Waals surface area contributed by atoms with Crippen molar-refractivity contribution in [3.05, 3.63) is 0 Å². The molecule has 1 aliphatic carbocycles. The van der Waals surface area contributed by atoms with Crippen molar-refractivity contribution in [1.82, 2.24) is 5.32 Å². The molecule has 1 atom stereocenters. The molecule has 0 bridgehead atoms. The molecule has 1 fully saturated rings. The van der Waals surface area contributed by atoms with Crippen molar-refractivity contribution >= 4 is 11.9 Å². The molecule has 0 aromatic carbocycles. The van der Waals surface area contributed by atoms with E-state index in [-0.39, 0.29) is 11.8 Å². The van der Waals surface area contributed by atoms with Crippen LogP contribution in [0.5, 0.6) is 0 Å². The molecule has 0 unspecified atom stereocenters. The highest BCUT2D eigenvalue weighted by molar-refractivity contribution is 5.86. The van der Waals surface area contributed by atoms with Gasteiger partial charge in [-0.25, -0.2) is 4.79 Å². The molecule has 0 spiro atoms. The van der Waals surface area contributed by atoms with Crippen LogP contribution in [0.2, 0.25) is 0 Å². The van der Waals surface area contributed by atoms with Crippen molar-refractivity contribution < 1.29 is 14.7 Å². The van der Waals surface area contributed by atoms with E-state index in [1.54, 1.807) is 0 Å². The van der Waals surface area contributed by atoms with Crippen LogP contribution in [0.4, 0.5) is 0 Å². The van der Waals surface area contributed by atoms with E-state index in [1.165, 1.54) is 0 Å². The maximum Gasteiger partial charge on any atom is 0.326 e. The van der Waals surface area contributed by atoms with Crippen molar-refractivity contribution in [2.75, 3.05) is 0 Å². The Morgan fingerprint density at radius 2 is 2.14 bits per heavy atom. The molecule has 1 rings (SSSR count). The minimum absolute atomic E-state index is 0.0819. The third-order valence-corrected chi connectivity index (χ3v) is 2.41. The molecule has 1 saturated carbocycles. The summed E-state index contributed by atoms with van der Waals surface area (Å²) in [5.74, 6) is -0.931. The zero-order valence-corrected chi connectivity index (χ0v) is 8.45. The van der Waals surface area contributed by atoms with Crippen LogP contribution in [0, 0.1) is 5.92 Å². The van der Waals surface area contributed by atoms with Crippen LogP contribution >= 0.6 is 0 Å². The van der Waals surface area contributed by atoms with Gasteiger partial charge in [-0.1, -0.05) is 19.8 Å². The van der Waals surface area contributed by atoms with Crippen LogP contribution in [0.15, 0.2) is 0 Å². The van der Waals surface area contributed by atoms with Gasteiger partial charge in [-0.15, -0.1) is 0 Å². The fourth-order valence-corrected chi connectivity index (χ4v) is 1.30. The largest absolute Gasteiger partial charge is 0.480 e. The maximum absolute atomic E-state index is 11.3. The molecule has 0 heterocycles. The van der Waals surface area contributed by atoms with Gasteiger partial charge in [0.15, 0.2) is 0 Å². The smallest absolute Gasteiger partial charge is 0.326 e. The molecule has 2 N–H and O–H groups in total. The number of rotatable bonds is 6. The molecule has 0 radical (unpaired) electrons. The summed E-state index contributed by atoms with van der Waals surface area (Å²) in [5, 5.41) is 11.4.